The molecule has 1 unspecified atom stereocenters. The Morgan fingerprint density at radius 1 is 1.08 bits per heavy atom. The minimum Gasteiger partial charge on any atom is -0.494 e. The molecule has 2 aromatic carbocycles. The van der Waals surface area contributed by atoms with Crippen LogP contribution in [0.1, 0.15) is 18.2 Å². The summed E-state index contributed by atoms with van der Waals surface area (Å²) >= 11 is 11.7. The van der Waals surface area contributed by atoms with E-state index in [1.165, 1.54) is 6.34 Å². The van der Waals surface area contributed by atoms with E-state index >= 15 is 0 Å². The standard InChI is InChI=1S/C18H21Cl2N5O/c19-14-4-2-13(3-5-14)17(21)25-18(22)24-12-23-10-1-11-26-16-8-6-15(20)7-9-16/h2-9,12,17H,1,10-11,21H2,(H3,22,23,24,25). The number of ether oxygens (including phenoxy) is 1. The van der Waals surface area contributed by atoms with Gasteiger partial charge in [0.25, 0.3) is 0 Å². The Morgan fingerprint density at radius 2 is 1.69 bits per heavy atom. The Kier molecular flexibility index (Phi) is 8.21. The van der Waals surface area contributed by atoms with Gasteiger partial charge in [-0.05, 0) is 42.0 Å². The Hall–Kier alpha value is -2.28. The summed E-state index contributed by atoms with van der Waals surface area (Å²) in [4.78, 5) is 8.34. The molecule has 0 radical (unpaired) electrons. The fourth-order valence-corrected chi connectivity index (χ4v) is 2.23. The number of guanidine groups is 1. The molecule has 0 amide bonds. The molecule has 0 aliphatic carbocycles. The predicted octanol–water partition coefficient (Wildman–Crippen LogP) is 3.35. The van der Waals surface area contributed by atoms with Crippen LogP contribution >= 0.6 is 23.2 Å². The van der Waals surface area contributed by atoms with Crippen molar-refractivity contribution in [3.8, 4) is 5.75 Å². The zero-order chi connectivity index (χ0) is 18.8. The maximum absolute atomic E-state index is 5.96. The number of hydrogen-bond acceptors (Lipinski definition) is 4. The predicted molar refractivity (Wildman–Crippen MR) is 108 cm³/mol. The average Bonchev–Trinajstić information content (AvgIpc) is 2.63. The van der Waals surface area contributed by atoms with E-state index in [9.17, 15) is 0 Å². The van der Waals surface area contributed by atoms with Crippen LogP contribution in [0.3, 0.4) is 0 Å². The molecule has 26 heavy (non-hydrogen) atoms. The second kappa shape index (κ2) is 10.7. The summed E-state index contributed by atoms with van der Waals surface area (Å²) in [7, 11) is 0. The maximum atomic E-state index is 5.96. The van der Waals surface area contributed by atoms with Gasteiger partial charge in [0.15, 0.2) is 5.96 Å². The molecule has 0 aromatic heterocycles. The molecule has 8 heteroatoms. The van der Waals surface area contributed by atoms with Crippen LogP contribution in [0.15, 0.2) is 58.5 Å². The molecule has 0 fully saturated rings. The molecule has 0 saturated heterocycles. The first-order valence-corrected chi connectivity index (χ1v) is 8.78. The molecule has 0 saturated carbocycles. The van der Waals surface area contributed by atoms with Crippen LogP contribution in [0.5, 0.6) is 5.75 Å². The smallest absolute Gasteiger partial charge is 0.195 e. The van der Waals surface area contributed by atoms with E-state index < -0.39 is 6.17 Å². The fraction of sp³-hybridized carbons (Fsp3) is 0.222. The number of benzene rings is 2. The van der Waals surface area contributed by atoms with Gasteiger partial charge in [0.2, 0.25) is 0 Å². The summed E-state index contributed by atoms with van der Waals surface area (Å²) in [6, 6.07) is 14.3. The highest BCUT2D eigenvalue weighted by atomic mass is 35.5. The lowest BCUT2D eigenvalue weighted by molar-refractivity contribution is 0.313. The summed E-state index contributed by atoms with van der Waals surface area (Å²) in [6.07, 6.45) is 1.69. The van der Waals surface area contributed by atoms with E-state index in [0.717, 1.165) is 17.7 Å². The van der Waals surface area contributed by atoms with Gasteiger partial charge >= 0.3 is 0 Å². The lowest BCUT2D eigenvalue weighted by Crippen LogP contribution is -2.32. The van der Waals surface area contributed by atoms with Gasteiger partial charge in [-0.2, -0.15) is 0 Å². The first-order chi connectivity index (χ1) is 12.5. The van der Waals surface area contributed by atoms with Crippen molar-refractivity contribution >= 4 is 35.5 Å². The Balaban J connectivity index is 1.65. The molecule has 138 valence electrons. The van der Waals surface area contributed by atoms with Crippen LogP contribution in [0.4, 0.5) is 0 Å². The van der Waals surface area contributed by atoms with Gasteiger partial charge in [-0.1, -0.05) is 35.3 Å². The maximum Gasteiger partial charge on any atom is 0.195 e. The van der Waals surface area contributed by atoms with Crippen LogP contribution in [0.2, 0.25) is 10.0 Å². The quantitative estimate of drug-likeness (QED) is 0.363. The van der Waals surface area contributed by atoms with E-state index in [-0.39, 0.29) is 5.96 Å². The normalized spacial score (nSPS) is 13.0. The first kappa shape index (κ1) is 20.0. The van der Waals surface area contributed by atoms with Crippen LogP contribution in [0, 0.1) is 0 Å². The average molecular weight is 394 g/mol. The highest BCUT2D eigenvalue weighted by molar-refractivity contribution is 6.30. The minimum absolute atomic E-state index is 0.189. The third-order valence-corrected chi connectivity index (χ3v) is 3.81. The molecular formula is C18H21Cl2N5O. The lowest BCUT2D eigenvalue weighted by atomic mass is 10.2. The molecule has 6 nitrogen and oxygen atoms in total. The van der Waals surface area contributed by atoms with Crippen molar-refractivity contribution in [1.82, 2.24) is 5.32 Å². The SMILES string of the molecule is N/C(=N/C(N)c1ccc(Cl)cc1)NC=NCCCOc1ccc(Cl)cc1. The summed E-state index contributed by atoms with van der Waals surface area (Å²) in [5, 5.41) is 4.11. The number of aliphatic imine (C=N–C) groups is 2. The van der Waals surface area contributed by atoms with Gasteiger partial charge in [-0.25, -0.2) is 4.99 Å². The lowest BCUT2D eigenvalue weighted by Gasteiger charge is -2.08. The Bertz CT molecular complexity index is 732. The molecule has 0 bridgehead atoms. The van der Waals surface area contributed by atoms with Crippen molar-refractivity contribution in [3.63, 3.8) is 0 Å². The topological polar surface area (TPSA) is 98.0 Å². The van der Waals surface area contributed by atoms with E-state index in [1.54, 1.807) is 36.4 Å². The van der Waals surface area contributed by atoms with Crippen LogP contribution in [-0.4, -0.2) is 25.4 Å². The number of nitrogens with one attached hydrogen (secondary N) is 1. The van der Waals surface area contributed by atoms with E-state index in [0.29, 0.717) is 23.2 Å². The highest BCUT2D eigenvalue weighted by Crippen LogP contribution is 2.16. The van der Waals surface area contributed by atoms with E-state index in [2.05, 4.69) is 15.3 Å². The zero-order valence-electron chi connectivity index (χ0n) is 14.1. The van der Waals surface area contributed by atoms with Crippen molar-refractivity contribution in [2.75, 3.05) is 13.2 Å². The van der Waals surface area contributed by atoms with Crippen molar-refractivity contribution in [1.29, 1.82) is 0 Å². The Labute approximate surface area is 162 Å². The first-order valence-electron chi connectivity index (χ1n) is 8.02. The van der Waals surface area contributed by atoms with Gasteiger partial charge < -0.3 is 21.5 Å². The van der Waals surface area contributed by atoms with Crippen molar-refractivity contribution < 1.29 is 4.74 Å². The highest BCUT2D eigenvalue weighted by Gasteiger charge is 2.04. The third kappa shape index (κ3) is 7.31. The second-order valence-corrected chi connectivity index (χ2v) is 6.22. The van der Waals surface area contributed by atoms with Gasteiger partial charge in [-0.3, -0.25) is 4.99 Å². The summed E-state index contributed by atoms with van der Waals surface area (Å²) < 4.78 is 5.57. The number of hydrogen-bond donors (Lipinski definition) is 3. The monoisotopic (exact) mass is 393 g/mol. The molecule has 0 spiro atoms. The van der Waals surface area contributed by atoms with Crippen LogP contribution in [-0.2, 0) is 0 Å². The van der Waals surface area contributed by atoms with Gasteiger partial charge in [0.1, 0.15) is 11.9 Å². The van der Waals surface area contributed by atoms with Crippen LogP contribution < -0.4 is 21.5 Å². The number of halogens is 2. The van der Waals surface area contributed by atoms with E-state index in [1.807, 2.05) is 12.1 Å². The largest absolute Gasteiger partial charge is 0.494 e. The molecule has 0 heterocycles. The second-order valence-electron chi connectivity index (χ2n) is 5.35. The summed E-state index contributed by atoms with van der Waals surface area (Å²) in [5.74, 6) is 0.970. The Morgan fingerprint density at radius 3 is 2.35 bits per heavy atom. The molecule has 2 aromatic rings. The summed E-state index contributed by atoms with van der Waals surface area (Å²) in [5.41, 5.74) is 12.6. The number of nitrogens with zero attached hydrogens (tertiary/aromatic N) is 2. The molecule has 2 rings (SSSR count). The number of nitrogens with two attached hydrogens (primary N) is 2. The van der Waals surface area contributed by atoms with Gasteiger partial charge in [0, 0.05) is 23.0 Å². The molecule has 0 aliphatic heterocycles. The molecule has 1 atom stereocenters. The fourth-order valence-electron chi connectivity index (χ4n) is 1.97. The van der Waals surface area contributed by atoms with E-state index in [4.69, 9.17) is 39.4 Å². The third-order valence-electron chi connectivity index (χ3n) is 3.31. The summed E-state index contributed by atoms with van der Waals surface area (Å²) in [6.45, 7) is 1.15. The van der Waals surface area contributed by atoms with Crippen molar-refractivity contribution in [3.05, 3.63) is 64.1 Å². The van der Waals surface area contributed by atoms with Gasteiger partial charge in [-0.15, -0.1) is 0 Å². The molecule has 0 aliphatic rings. The van der Waals surface area contributed by atoms with Crippen molar-refractivity contribution in [2.24, 2.45) is 21.5 Å². The number of rotatable bonds is 8. The minimum atomic E-state index is -0.569. The zero-order valence-corrected chi connectivity index (χ0v) is 15.6. The van der Waals surface area contributed by atoms with Crippen molar-refractivity contribution in [2.45, 2.75) is 12.6 Å². The molecule has 5 N–H and O–H groups in total. The van der Waals surface area contributed by atoms with Gasteiger partial charge in [0.05, 0.1) is 12.9 Å². The molecular weight excluding hydrogens is 373 g/mol. The van der Waals surface area contributed by atoms with Crippen LogP contribution in [0.25, 0.3) is 0 Å².